The van der Waals surface area contributed by atoms with E-state index in [0.29, 0.717) is 11.4 Å². The largest absolute Gasteiger partial charge is 0.326 e. The van der Waals surface area contributed by atoms with Gasteiger partial charge in [-0.3, -0.25) is 9.59 Å². The lowest BCUT2D eigenvalue weighted by Crippen LogP contribution is -2.17. The molecular weight excluding hydrogens is 365 g/mol. The number of nitrogens with one attached hydrogen (secondary N) is 2. The summed E-state index contributed by atoms with van der Waals surface area (Å²) in [6.45, 7) is 1.95. The van der Waals surface area contributed by atoms with Gasteiger partial charge in [-0.15, -0.1) is 11.3 Å². The van der Waals surface area contributed by atoms with Crippen molar-refractivity contribution in [1.29, 1.82) is 0 Å². The van der Waals surface area contributed by atoms with Crippen LogP contribution < -0.4 is 10.6 Å². The molecule has 0 atom stereocenters. The Kier molecular flexibility index (Phi) is 5.93. The van der Waals surface area contributed by atoms with E-state index in [0.717, 1.165) is 16.3 Å². The average molecular weight is 383 g/mol. The molecule has 0 fully saturated rings. The van der Waals surface area contributed by atoms with Crippen LogP contribution in [0, 0.1) is 12.7 Å². The number of rotatable bonds is 6. The molecule has 1 aromatic heterocycles. The average Bonchev–Trinajstić information content (AvgIpc) is 3.09. The minimum absolute atomic E-state index is 0.0411. The molecule has 3 aromatic rings. The molecular formula is C20H18FN3O2S. The van der Waals surface area contributed by atoms with Crippen LogP contribution in [-0.4, -0.2) is 16.8 Å². The van der Waals surface area contributed by atoms with Gasteiger partial charge in [0.1, 0.15) is 5.82 Å². The molecule has 138 valence electrons. The van der Waals surface area contributed by atoms with Gasteiger partial charge in [0.25, 0.3) is 0 Å². The van der Waals surface area contributed by atoms with Crippen molar-refractivity contribution in [3.8, 4) is 11.3 Å². The Labute approximate surface area is 160 Å². The van der Waals surface area contributed by atoms with Gasteiger partial charge in [0, 0.05) is 35.2 Å². The first-order chi connectivity index (χ1) is 13.0. The summed E-state index contributed by atoms with van der Waals surface area (Å²) in [6, 6.07) is 12.9. The van der Waals surface area contributed by atoms with E-state index in [1.807, 2.05) is 24.4 Å². The van der Waals surface area contributed by atoms with Gasteiger partial charge in [-0.25, -0.2) is 9.37 Å². The van der Waals surface area contributed by atoms with Gasteiger partial charge < -0.3 is 10.6 Å². The summed E-state index contributed by atoms with van der Waals surface area (Å²) in [4.78, 5) is 28.3. The SMILES string of the molecule is Cc1nc(-c2ccc(NC(=O)CCC(=O)Nc3ccc(F)cc3)cc2)cs1. The van der Waals surface area contributed by atoms with Crippen molar-refractivity contribution in [2.24, 2.45) is 0 Å². The van der Waals surface area contributed by atoms with Crippen LogP contribution in [0.15, 0.2) is 53.9 Å². The third kappa shape index (κ3) is 5.46. The molecule has 2 aromatic carbocycles. The summed E-state index contributed by atoms with van der Waals surface area (Å²) in [6.07, 6.45) is 0.0967. The summed E-state index contributed by atoms with van der Waals surface area (Å²) in [5, 5.41) is 8.38. The molecule has 7 heteroatoms. The predicted octanol–water partition coefficient (Wildman–Crippen LogP) is 4.62. The van der Waals surface area contributed by atoms with Crippen LogP contribution in [0.2, 0.25) is 0 Å². The molecule has 0 saturated carbocycles. The van der Waals surface area contributed by atoms with Crippen LogP contribution in [-0.2, 0) is 9.59 Å². The molecule has 0 saturated heterocycles. The first-order valence-electron chi connectivity index (χ1n) is 8.37. The fraction of sp³-hybridized carbons (Fsp3) is 0.150. The number of aromatic nitrogens is 1. The zero-order chi connectivity index (χ0) is 19.2. The van der Waals surface area contributed by atoms with E-state index in [4.69, 9.17) is 0 Å². The van der Waals surface area contributed by atoms with E-state index in [2.05, 4.69) is 15.6 Å². The molecule has 2 amide bonds. The van der Waals surface area contributed by atoms with Crippen LogP contribution in [0.3, 0.4) is 0 Å². The molecule has 0 spiro atoms. The highest BCUT2D eigenvalue weighted by atomic mass is 32.1. The van der Waals surface area contributed by atoms with Gasteiger partial charge >= 0.3 is 0 Å². The minimum atomic E-state index is -0.372. The van der Waals surface area contributed by atoms with Crippen LogP contribution in [0.1, 0.15) is 17.8 Å². The maximum Gasteiger partial charge on any atom is 0.224 e. The quantitative estimate of drug-likeness (QED) is 0.653. The van der Waals surface area contributed by atoms with E-state index in [1.165, 1.54) is 24.3 Å². The van der Waals surface area contributed by atoms with E-state index in [1.54, 1.807) is 23.5 Å². The highest BCUT2D eigenvalue weighted by Gasteiger charge is 2.09. The monoisotopic (exact) mass is 383 g/mol. The number of amides is 2. The van der Waals surface area contributed by atoms with Crippen molar-refractivity contribution in [3.05, 3.63) is 64.7 Å². The number of hydrogen-bond acceptors (Lipinski definition) is 4. The zero-order valence-corrected chi connectivity index (χ0v) is 15.5. The molecule has 0 unspecified atom stereocenters. The summed E-state index contributed by atoms with van der Waals surface area (Å²) >= 11 is 1.59. The first-order valence-corrected chi connectivity index (χ1v) is 9.25. The molecule has 0 aliphatic heterocycles. The minimum Gasteiger partial charge on any atom is -0.326 e. The van der Waals surface area contributed by atoms with E-state index in [-0.39, 0.29) is 30.5 Å². The van der Waals surface area contributed by atoms with Crippen molar-refractivity contribution in [1.82, 2.24) is 4.98 Å². The number of thiazole rings is 1. The molecule has 2 N–H and O–H groups in total. The van der Waals surface area contributed by atoms with Gasteiger partial charge in [0.15, 0.2) is 0 Å². The highest BCUT2D eigenvalue weighted by Crippen LogP contribution is 2.23. The number of anilines is 2. The third-order valence-corrected chi connectivity index (χ3v) is 4.56. The lowest BCUT2D eigenvalue weighted by atomic mass is 10.1. The maximum absolute atomic E-state index is 12.8. The molecule has 0 aliphatic carbocycles. The summed E-state index contributed by atoms with van der Waals surface area (Å²) in [5.74, 6) is -0.921. The zero-order valence-electron chi connectivity index (χ0n) is 14.7. The lowest BCUT2D eigenvalue weighted by Gasteiger charge is -2.07. The fourth-order valence-electron chi connectivity index (χ4n) is 2.43. The molecule has 27 heavy (non-hydrogen) atoms. The number of halogens is 1. The molecule has 5 nitrogen and oxygen atoms in total. The summed E-state index contributed by atoms with van der Waals surface area (Å²) in [7, 11) is 0. The van der Waals surface area contributed by atoms with Crippen LogP contribution in [0.5, 0.6) is 0 Å². The Hall–Kier alpha value is -3.06. The Morgan fingerprint density at radius 3 is 1.93 bits per heavy atom. The molecule has 0 bridgehead atoms. The summed E-state index contributed by atoms with van der Waals surface area (Å²) < 4.78 is 12.8. The molecule has 1 heterocycles. The standard InChI is InChI=1S/C20H18FN3O2S/c1-13-22-18(12-27-13)14-2-6-16(7-3-14)23-19(25)10-11-20(26)24-17-8-4-15(21)5-9-17/h2-9,12H,10-11H2,1H3,(H,23,25)(H,24,26). The molecule has 0 radical (unpaired) electrons. The highest BCUT2D eigenvalue weighted by molar-refractivity contribution is 7.09. The number of carbonyl (C=O) groups is 2. The predicted molar refractivity (Wildman–Crippen MR) is 105 cm³/mol. The number of benzene rings is 2. The van der Waals surface area contributed by atoms with Crippen molar-refractivity contribution in [2.75, 3.05) is 10.6 Å². The lowest BCUT2D eigenvalue weighted by molar-refractivity contribution is -0.121. The van der Waals surface area contributed by atoms with E-state index >= 15 is 0 Å². The van der Waals surface area contributed by atoms with Gasteiger partial charge in [0.05, 0.1) is 10.7 Å². The third-order valence-electron chi connectivity index (χ3n) is 3.79. The Morgan fingerprint density at radius 1 is 0.926 bits per heavy atom. The summed E-state index contributed by atoms with van der Waals surface area (Å²) in [5.41, 5.74) is 3.05. The van der Waals surface area contributed by atoms with E-state index < -0.39 is 0 Å². The first kappa shape index (κ1) is 18.7. The Balaban J connectivity index is 1.47. The second kappa shape index (κ2) is 8.55. The molecule has 3 rings (SSSR count). The van der Waals surface area contributed by atoms with Gasteiger partial charge in [0.2, 0.25) is 11.8 Å². The second-order valence-corrected chi connectivity index (χ2v) is 6.99. The van der Waals surface area contributed by atoms with E-state index in [9.17, 15) is 14.0 Å². The Bertz CT molecular complexity index is 937. The van der Waals surface area contributed by atoms with Gasteiger partial charge in [-0.1, -0.05) is 12.1 Å². The second-order valence-electron chi connectivity index (χ2n) is 5.93. The fourth-order valence-corrected chi connectivity index (χ4v) is 3.05. The topological polar surface area (TPSA) is 71.1 Å². The van der Waals surface area contributed by atoms with Crippen LogP contribution in [0.4, 0.5) is 15.8 Å². The van der Waals surface area contributed by atoms with Crippen molar-refractivity contribution < 1.29 is 14.0 Å². The number of hydrogen-bond donors (Lipinski definition) is 2. The van der Waals surface area contributed by atoms with Crippen LogP contribution >= 0.6 is 11.3 Å². The number of aryl methyl sites for hydroxylation is 1. The Morgan fingerprint density at radius 2 is 1.44 bits per heavy atom. The van der Waals surface area contributed by atoms with Gasteiger partial charge in [-0.2, -0.15) is 0 Å². The number of nitrogens with zero attached hydrogens (tertiary/aromatic N) is 1. The molecule has 0 aliphatic rings. The number of carbonyl (C=O) groups excluding carboxylic acids is 2. The van der Waals surface area contributed by atoms with Crippen molar-refractivity contribution in [2.45, 2.75) is 19.8 Å². The van der Waals surface area contributed by atoms with Gasteiger partial charge in [-0.05, 0) is 43.3 Å². The van der Waals surface area contributed by atoms with Crippen molar-refractivity contribution in [3.63, 3.8) is 0 Å². The van der Waals surface area contributed by atoms with Crippen LogP contribution in [0.25, 0.3) is 11.3 Å². The normalized spacial score (nSPS) is 10.4. The smallest absolute Gasteiger partial charge is 0.224 e. The van der Waals surface area contributed by atoms with Crippen molar-refractivity contribution >= 4 is 34.5 Å². The maximum atomic E-state index is 12.8.